The van der Waals surface area contributed by atoms with E-state index in [1.54, 1.807) is 18.2 Å². The minimum absolute atomic E-state index is 0.223. The molecule has 2 amide bonds. The molecule has 0 unspecified atom stereocenters. The zero-order chi connectivity index (χ0) is 27.5. The lowest BCUT2D eigenvalue weighted by molar-refractivity contribution is -0.119. The van der Waals surface area contributed by atoms with Crippen LogP contribution < -0.4 is 16.8 Å². The molecule has 202 valence electrons. The number of primary amides is 1. The highest BCUT2D eigenvalue weighted by atomic mass is 16.5. The van der Waals surface area contributed by atoms with Crippen molar-refractivity contribution < 1.29 is 14.3 Å². The number of nitrogens with one attached hydrogen (secondary N) is 2. The van der Waals surface area contributed by atoms with Gasteiger partial charge in [0.25, 0.3) is 0 Å². The predicted octanol–water partition coefficient (Wildman–Crippen LogP) is 4.34. The van der Waals surface area contributed by atoms with Crippen molar-refractivity contribution >= 4 is 40.2 Å². The van der Waals surface area contributed by atoms with Crippen LogP contribution in [0.15, 0.2) is 85.1 Å². The topological polar surface area (TPSA) is 126 Å². The van der Waals surface area contributed by atoms with Crippen LogP contribution in [0.1, 0.15) is 23.1 Å². The molecule has 0 bridgehead atoms. The van der Waals surface area contributed by atoms with Gasteiger partial charge in [-0.3, -0.25) is 14.5 Å². The SMILES string of the molecule is NC(=O)CCOCCN(CCc1c[nH]c2ccccc12)Cc1ccc(/C=C/C(=O)Nc2ccccc2N)cc1. The Kier molecular flexibility index (Phi) is 9.88. The third-order valence-electron chi connectivity index (χ3n) is 6.45. The van der Waals surface area contributed by atoms with Crippen molar-refractivity contribution in [3.05, 3.63) is 102 Å². The number of aromatic amines is 1. The fraction of sp³-hybridized carbons (Fsp3) is 0.226. The minimum atomic E-state index is -0.359. The molecule has 6 N–H and O–H groups in total. The van der Waals surface area contributed by atoms with Crippen molar-refractivity contribution in [2.75, 3.05) is 37.4 Å². The first-order valence-electron chi connectivity index (χ1n) is 13.0. The molecule has 0 aliphatic heterocycles. The van der Waals surface area contributed by atoms with Gasteiger partial charge in [-0.1, -0.05) is 54.6 Å². The van der Waals surface area contributed by atoms with E-state index in [0.29, 0.717) is 24.6 Å². The molecule has 0 atom stereocenters. The summed E-state index contributed by atoms with van der Waals surface area (Å²) in [7, 11) is 0. The second kappa shape index (κ2) is 13.9. The van der Waals surface area contributed by atoms with Crippen LogP contribution >= 0.6 is 0 Å². The largest absolute Gasteiger partial charge is 0.397 e. The van der Waals surface area contributed by atoms with Crippen LogP contribution in [0.3, 0.4) is 0 Å². The van der Waals surface area contributed by atoms with Crippen molar-refractivity contribution in [2.45, 2.75) is 19.4 Å². The molecule has 0 aliphatic carbocycles. The number of anilines is 2. The summed E-state index contributed by atoms with van der Waals surface area (Å²) in [5.41, 5.74) is 16.7. The lowest BCUT2D eigenvalue weighted by Gasteiger charge is -2.22. The number of carbonyl (C=O) groups is 2. The Bertz CT molecular complexity index is 1410. The number of nitrogens with zero attached hydrogens (tertiary/aromatic N) is 1. The molecule has 0 spiro atoms. The summed E-state index contributed by atoms with van der Waals surface area (Å²) in [6, 6.07) is 23.6. The number of nitrogens with two attached hydrogens (primary N) is 2. The third-order valence-corrected chi connectivity index (χ3v) is 6.45. The Morgan fingerprint density at radius 1 is 0.949 bits per heavy atom. The summed E-state index contributed by atoms with van der Waals surface area (Å²) in [6.45, 7) is 3.18. The molecular formula is C31H35N5O3. The van der Waals surface area contributed by atoms with Crippen molar-refractivity contribution in [3.63, 3.8) is 0 Å². The number of aromatic nitrogens is 1. The summed E-state index contributed by atoms with van der Waals surface area (Å²) in [5, 5.41) is 4.03. The molecule has 0 aliphatic rings. The molecule has 4 rings (SSSR count). The molecule has 0 fully saturated rings. The van der Waals surface area contributed by atoms with Crippen LogP contribution in [0.4, 0.5) is 11.4 Å². The fourth-order valence-electron chi connectivity index (χ4n) is 4.30. The molecule has 1 heterocycles. The number of hydrogen-bond donors (Lipinski definition) is 4. The van der Waals surface area contributed by atoms with Crippen LogP contribution in [0, 0.1) is 0 Å². The first-order valence-corrected chi connectivity index (χ1v) is 13.0. The molecule has 0 saturated heterocycles. The lowest BCUT2D eigenvalue weighted by atomic mass is 10.1. The summed E-state index contributed by atoms with van der Waals surface area (Å²) < 4.78 is 5.64. The molecule has 39 heavy (non-hydrogen) atoms. The number of ether oxygens (including phenoxy) is 1. The Morgan fingerprint density at radius 3 is 2.51 bits per heavy atom. The number of hydrogen-bond acceptors (Lipinski definition) is 5. The normalized spacial score (nSPS) is 11.4. The Hall–Kier alpha value is -4.40. The fourth-order valence-corrected chi connectivity index (χ4v) is 4.30. The Morgan fingerprint density at radius 2 is 1.72 bits per heavy atom. The van der Waals surface area contributed by atoms with E-state index in [2.05, 4.69) is 51.7 Å². The van der Waals surface area contributed by atoms with Gasteiger partial charge in [0.15, 0.2) is 0 Å². The standard InChI is InChI=1S/C31H35N5O3/c32-27-6-2-4-8-29(27)35-31(38)14-13-23-9-11-24(12-10-23)22-36(18-20-39-19-16-30(33)37)17-15-25-21-34-28-7-3-1-5-26(25)28/h1-14,21,34H,15-20,22,32H2,(H2,33,37)(H,35,38)/b14-13+. The summed E-state index contributed by atoms with van der Waals surface area (Å²) in [4.78, 5) is 29.0. The highest BCUT2D eigenvalue weighted by molar-refractivity contribution is 6.03. The summed E-state index contributed by atoms with van der Waals surface area (Å²) in [5.74, 6) is -0.598. The van der Waals surface area contributed by atoms with E-state index in [4.69, 9.17) is 16.2 Å². The van der Waals surface area contributed by atoms with Gasteiger partial charge in [0.2, 0.25) is 11.8 Å². The number of para-hydroxylation sites is 3. The molecule has 8 nitrogen and oxygen atoms in total. The number of H-pyrrole nitrogens is 1. The molecule has 0 radical (unpaired) electrons. The van der Waals surface area contributed by atoms with Crippen LogP contribution in [0.25, 0.3) is 17.0 Å². The molecular weight excluding hydrogens is 490 g/mol. The van der Waals surface area contributed by atoms with Crippen molar-refractivity contribution in [2.24, 2.45) is 5.73 Å². The highest BCUT2D eigenvalue weighted by Crippen LogP contribution is 2.19. The van der Waals surface area contributed by atoms with Gasteiger partial charge < -0.3 is 26.5 Å². The van der Waals surface area contributed by atoms with Crippen LogP contribution in [0.2, 0.25) is 0 Å². The number of rotatable bonds is 14. The smallest absolute Gasteiger partial charge is 0.248 e. The molecule has 4 aromatic rings. The number of carbonyl (C=O) groups excluding carboxylic acids is 2. The third kappa shape index (κ3) is 8.56. The highest BCUT2D eigenvalue weighted by Gasteiger charge is 2.10. The van der Waals surface area contributed by atoms with Gasteiger partial charge in [0, 0.05) is 49.2 Å². The van der Waals surface area contributed by atoms with E-state index in [1.165, 1.54) is 17.0 Å². The monoisotopic (exact) mass is 525 g/mol. The molecule has 0 saturated carbocycles. The Balaban J connectivity index is 1.34. The minimum Gasteiger partial charge on any atom is -0.397 e. The Labute approximate surface area is 228 Å². The maximum atomic E-state index is 12.3. The molecule has 3 aromatic carbocycles. The van der Waals surface area contributed by atoms with Gasteiger partial charge in [-0.25, -0.2) is 0 Å². The maximum absolute atomic E-state index is 12.3. The number of amides is 2. The summed E-state index contributed by atoms with van der Waals surface area (Å²) in [6.07, 6.45) is 6.47. The van der Waals surface area contributed by atoms with E-state index >= 15 is 0 Å². The van der Waals surface area contributed by atoms with Gasteiger partial charge in [0.05, 0.1) is 24.6 Å². The lowest BCUT2D eigenvalue weighted by Crippen LogP contribution is -2.29. The van der Waals surface area contributed by atoms with Crippen molar-refractivity contribution in [3.8, 4) is 0 Å². The van der Waals surface area contributed by atoms with Crippen LogP contribution in [-0.4, -0.2) is 48.0 Å². The second-order valence-electron chi connectivity index (χ2n) is 9.37. The van der Waals surface area contributed by atoms with Gasteiger partial charge in [0.1, 0.15) is 0 Å². The number of nitrogen functional groups attached to an aromatic ring is 1. The van der Waals surface area contributed by atoms with E-state index in [0.717, 1.165) is 42.7 Å². The average Bonchev–Trinajstić information content (AvgIpc) is 3.35. The van der Waals surface area contributed by atoms with Crippen LogP contribution in [-0.2, 0) is 27.3 Å². The van der Waals surface area contributed by atoms with Crippen molar-refractivity contribution in [1.29, 1.82) is 0 Å². The zero-order valence-electron chi connectivity index (χ0n) is 21.9. The van der Waals surface area contributed by atoms with Gasteiger partial charge in [-0.15, -0.1) is 0 Å². The first-order chi connectivity index (χ1) is 19.0. The average molecular weight is 526 g/mol. The maximum Gasteiger partial charge on any atom is 0.248 e. The van der Waals surface area contributed by atoms with Crippen molar-refractivity contribution in [1.82, 2.24) is 9.88 Å². The van der Waals surface area contributed by atoms with E-state index < -0.39 is 0 Å². The van der Waals surface area contributed by atoms with E-state index in [1.807, 2.05) is 30.3 Å². The summed E-state index contributed by atoms with van der Waals surface area (Å²) >= 11 is 0. The van der Waals surface area contributed by atoms with Gasteiger partial charge in [-0.2, -0.15) is 0 Å². The number of benzene rings is 3. The first kappa shape index (κ1) is 27.6. The zero-order valence-corrected chi connectivity index (χ0v) is 21.9. The van der Waals surface area contributed by atoms with Gasteiger partial charge >= 0.3 is 0 Å². The predicted molar refractivity (Wildman–Crippen MR) is 157 cm³/mol. The van der Waals surface area contributed by atoms with Gasteiger partial charge in [-0.05, 0) is 47.4 Å². The molecule has 8 heteroatoms. The second-order valence-corrected chi connectivity index (χ2v) is 9.37. The van der Waals surface area contributed by atoms with E-state index in [-0.39, 0.29) is 18.2 Å². The number of fused-ring (bicyclic) bond motifs is 1. The molecule has 1 aromatic heterocycles. The van der Waals surface area contributed by atoms with E-state index in [9.17, 15) is 9.59 Å². The van der Waals surface area contributed by atoms with Crippen LogP contribution in [0.5, 0.6) is 0 Å². The quantitative estimate of drug-likeness (QED) is 0.111.